The number of nitrogens with zero attached hydrogens (tertiary/aromatic N) is 1. The number of carbonyl (C=O) groups is 2. The fourth-order valence-corrected chi connectivity index (χ4v) is 2.42. The second-order valence-electron chi connectivity index (χ2n) is 6.15. The summed E-state index contributed by atoms with van der Waals surface area (Å²) in [4.78, 5) is 24.8. The van der Waals surface area contributed by atoms with Crippen molar-refractivity contribution in [3.8, 4) is 11.8 Å². The number of benzene rings is 2. The van der Waals surface area contributed by atoms with Crippen LogP contribution in [0.1, 0.15) is 35.7 Å². The Morgan fingerprint density at radius 2 is 1.85 bits per heavy atom. The van der Waals surface area contributed by atoms with Gasteiger partial charge in [-0.25, -0.2) is 0 Å². The van der Waals surface area contributed by atoms with Gasteiger partial charge in [0.1, 0.15) is 11.8 Å². The van der Waals surface area contributed by atoms with Crippen molar-refractivity contribution in [2.24, 2.45) is 0 Å². The summed E-state index contributed by atoms with van der Waals surface area (Å²) in [6.45, 7) is 1.59. The Morgan fingerprint density at radius 1 is 1.15 bits per heavy atom. The van der Waals surface area contributed by atoms with Gasteiger partial charge in [0.05, 0.1) is 16.8 Å². The van der Waals surface area contributed by atoms with E-state index in [0.29, 0.717) is 22.6 Å². The van der Waals surface area contributed by atoms with Gasteiger partial charge in [-0.2, -0.15) is 5.26 Å². The molecule has 0 unspecified atom stereocenters. The van der Waals surface area contributed by atoms with Crippen molar-refractivity contribution in [3.05, 3.63) is 59.7 Å². The third kappa shape index (κ3) is 4.19. The molecule has 6 heteroatoms. The first-order chi connectivity index (χ1) is 12.6. The number of amides is 2. The van der Waals surface area contributed by atoms with Gasteiger partial charge in [0.25, 0.3) is 11.8 Å². The van der Waals surface area contributed by atoms with Crippen molar-refractivity contribution in [3.63, 3.8) is 0 Å². The fourth-order valence-electron chi connectivity index (χ4n) is 2.42. The zero-order valence-corrected chi connectivity index (χ0v) is 14.4. The molecular formula is C20H19N3O3. The van der Waals surface area contributed by atoms with E-state index in [9.17, 15) is 9.59 Å². The van der Waals surface area contributed by atoms with Crippen LogP contribution >= 0.6 is 0 Å². The van der Waals surface area contributed by atoms with Crippen molar-refractivity contribution in [1.29, 1.82) is 5.26 Å². The summed E-state index contributed by atoms with van der Waals surface area (Å²) in [7, 11) is 0. The highest BCUT2D eigenvalue weighted by molar-refractivity contribution is 6.04. The number of hydrogen-bond acceptors (Lipinski definition) is 4. The Balaban J connectivity index is 1.69. The van der Waals surface area contributed by atoms with Gasteiger partial charge in [0.2, 0.25) is 0 Å². The average molecular weight is 349 g/mol. The number of anilines is 1. The highest BCUT2D eigenvalue weighted by Crippen LogP contribution is 2.22. The smallest absolute Gasteiger partial charge is 0.265 e. The molecule has 6 nitrogen and oxygen atoms in total. The van der Waals surface area contributed by atoms with E-state index in [1.807, 2.05) is 6.07 Å². The number of carbonyl (C=O) groups excluding carboxylic acids is 2. The third-order valence-corrected chi connectivity index (χ3v) is 4.02. The molecule has 1 fully saturated rings. The molecule has 1 aliphatic carbocycles. The van der Waals surface area contributed by atoms with Crippen molar-refractivity contribution >= 4 is 17.5 Å². The van der Waals surface area contributed by atoms with E-state index in [2.05, 4.69) is 10.6 Å². The van der Waals surface area contributed by atoms with Crippen molar-refractivity contribution < 1.29 is 14.3 Å². The summed E-state index contributed by atoms with van der Waals surface area (Å²) < 4.78 is 5.61. The van der Waals surface area contributed by atoms with Crippen LogP contribution in [-0.4, -0.2) is 24.0 Å². The molecule has 0 aliphatic heterocycles. The molecular weight excluding hydrogens is 330 g/mol. The first-order valence-corrected chi connectivity index (χ1v) is 8.45. The molecule has 3 rings (SSSR count). The maximum absolute atomic E-state index is 12.5. The maximum atomic E-state index is 12.5. The van der Waals surface area contributed by atoms with Crippen LogP contribution in [0.5, 0.6) is 5.75 Å². The predicted octanol–water partition coefficient (Wildman–Crippen LogP) is 2.86. The van der Waals surface area contributed by atoms with E-state index in [4.69, 9.17) is 10.00 Å². The summed E-state index contributed by atoms with van der Waals surface area (Å²) in [5.74, 6) is -0.256. The van der Waals surface area contributed by atoms with Crippen LogP contribution in [0, 0.1) is 11.3 Å². The third-order valence-electron chi connectivity index (χ3n) is 4.02. The molecule has 0 spiro atoms. The summed E-state index contributed by atoms with van der Waals surface area (Å²) in [6.07, 6.45) is 1.15. The van der Waals surface area contributed by atoms with Crippen LogP contribution in [0.15, 0.2) is 48.5 Å². The van der Waals surface area contributed by atoms with Gasteiger partial charge < -0.3 is 15.4 Å². The van der Waals surface area contributed by atoms with Gasteiger partial charge in [-0.05, 0) is 44.0 Å². The molecule has 132 valence electrons. The predicted molar refractivity (Wildman–Crippen MR) is 96.8 cm³/mol. The first-order valence-electron chi connectivity index (χ1n) is 8.45. The largest absolute Gasteiger partial charge is 0.480 e. The first kappa shape index (κ1) is 17.5. The SMILES string of the molecule is C[C@@H](Oc1ccccc1C#N)C(=O)Nc1ccccc1C(=O)NC1CC1. The molecule has 0 bridgehead atoms. The number of rotatable bonds is 6. The molecule has 1 atom stereocenters. The molecule has 2 aromatic carbocycles. The van der Waals surface area contributed by atoms with Gasteiger partial charge >= 0.3 is 0 Å². The van der Waals surface area contributed by atoms with Crippen LogP contribution in [0.2, 0.25) is 0 Å². The van der Waals surface area contributed by atoms with Gasteiger partial charge in [-0.1, -0.05) is 24.3 Å². The highest BCUT2D eigenvalue weighted by Gasteiger charge is 2.25. The number of hydrogen-bond donors (Lipinski definition) is 2. The molecule has 0 heterocycles. The minimum Gasteiger partial charge on any atom is -0.480 e. The lowest BCUT2D eigenvalue weighted by molar-refractivity contribution is -0.122. The lowest BCUT2D eigenvalue weighted by Gasteiger charge is -2.17. The quantitative estimate of drug-likeness (QED) is 0.839. The highest BCUT2D eigenvalue weighted by atomic mass is 16.5. The van der Waals surface area contributed by atoms with E-state index in [1.165, 1.54) is 0 Å². The Labute approximate surface area is 151 Å². The molecule has 2 amide bonds. The molecule has 2 aromatic rings. The summed E-state index contributed by atoms with van der Waals surface area (Å²) >= 11 is 0. The Bertz CT molecular complexity index is 869. The second-order valence-corrected chi connectivity index (χ2v) is 6.15. The standard InChI is InChI=1S/C20H19N3O3/c1-13(26-18-9-5-2-6-14(18)12-21)19(24)23-17-8-4-3-7-16(17)20(25)22-15-10-11-15/h2-9,13,15H,10-11H2,1H3,(H,22,25)(H,23,24)/t13-/m1/s1. The Hall–Kier alpha value is -3.33. The second kappa shape index (κ2) is 7.70. The van der Waals surface area contributed by atoms with Crippen molar-refractivity contribution in [2.75, 3.05) is 5.32 Å². The van der Waals surface area contributed by atoms with E-state index in [0.717, 1.165) is 12.8 Å². The molecule has 1 aliphatic rings. The maximum Gasteiger partial charge on any atom is 0.265 e. The average Bonchev–Trinajstić information content (AvgIpc) is 3.46. The van der Waals surface area contributed by atoms with E-state index in [1.54, 1.807) is 55.5 Å². The van der Waals surface area contributed by atoms with E-state index in [-0.39, 0.29) is 11.9 Å². The number of ether oxygens (including phenoxy) is 1. The molecule has 2 N–H and O–H groups in total. The van der Waals surface area contributed by atoms with Crippen LogP contribution in [-0.2, 0) is 4.79 Å². The fraction of sp³-hybridized carbons (Fsp3) is 0.250. The van der Waals surface area contributed by atoms with Crippen LogP contribution < -0.4 is 15.4 Å². The minimum absolute atomic E-state index is 0.202. The van der Waals surface area contributed by atoms with Crippen molar-refractivity contribution in [2.45, 2.75) is 31.9 Å². The van der Waals surface area contributed by atoms with Gasteiger partial charge in [0.15, 0.2) is 6.10 Å². The van der Waals surface area contributed by atoms with Gasteiger partial charge in [-0.15, -0.1) is 0 Å². The lowest BCUT2D eigenvalue weighted by atomic mass is 10.1. The summed E-state index contributed by atoms with van der Waals surface area (Å²) in [5.41, 5.74) is 1.20. The monoisotopic (exact) mass is 349 g/mol. The van der Waals surface area contributed by atoms with Crippen molar-refractivity contribution in [1.82, 2.24) is 5.32 Å². The summed E-state index contributed by atoms with van der Waals surface area (Å²) in [5, 5.41) is 14.7. The lowest BCUT2D eigenvalue weighted by Crippen LogP contribution is -2.32. The topological polar surface area (TPSA) is 91.2 Å². The van der Waals surface area contributed by atoms with Crippen LogP contribution in [0.3, 0.4) is 0 Å². The van der Waals surface area contributed by atoms with Gasteiger partial charge in [-0.3, -0.25) is 9.59 Å². The molecule has 0 saturated heterocycles. The Morgan fingerprint density at radius 3 is 2.58 bits per heavy atom. The van der Waals surface area contributed by atoms with E-state index < -0.39 is 12.0 Å². The summed E-state index contributed by atoms with van der Waals surface area (Å²) in [6, 6.07) is 15.8. The number of para-hydroxylation sites is 2. The number of nitrogens with one attached hydrogen (secondary N) is 2. The molecule has 26 heavy (non-hydrogen) atoms. The molecule has 0 radical (unpaired) electrons. The number of nitriles is 1. The van der Waals surface area contributed by atoms with Gasteiger partial charge in [0, 0.05) is 6.04 Å². The normalized spacial score (nSPS) is 14.0. The van der Waals surface area contributed by atoms with Crippen LogP contribution in [0.4, 0.5) is 5.69 Å². The zero-order valence-electron chi connectivity index (χ0n) is 14.4. The van der Waals surface area contributed by atoms with E-state index >= 15 is 0 Å². The molecule has 0 aromatic heterocycles. The zero-order chi connectivity index (χ0) is 18.5. The molecule has 1 saturated carbocycles. The van der Waals surface area contributed by atoms with Crippen LogP contribution in [0.25, 0.3) is 0 Å². The minimum atomic E-state index is -0.830. The Kier molecular flexibility index (Phi) is 5.18.